The first-order valence-electron chi connectivity index (χ1n) is 3.93. The van der Waals surface area contributed by atoms with E-state index in [2.05, 4.69) is 14.7 Å². The highest BCUT2D eigenvalue weighted by Gasteiger charge is 1.97. The van der Waals surface area contributed by atoms with E-state index in [1.807, 2.05) is 6.92 Å². The van der Waals surface area contributed by atoms with Crippen molar-refractivity contribution < 1.29 is 0 Å². The number of nitrogens with zero attached hydrogens (tertiary/aromatic N) is 2. The van der Waals surface area contributed by atoms with Gasteiger partial charge in [-0.15, -0.1) is 11.6 Å². The molecule has 0 bridgehead atoms. The third-order valence-corrected chi connectivity index (χ3v) is 2.40. The fourth-order valence-corrected chi connectivity index (χ4v) is 1.57. The zero-order chi connectivity index (χ0) is 8.81. The second-order valence-corrected chi connectivity index (χ2v) is 3.60. The third kappa shape index (κ3) is 3.36. The highest BCUT2D eigenvalue weighted by Crippen LogP contribution is 2.09. The van der Waals surface area contributed by atoms with E-state index in [9.17, 15) is 0 Å². The molecule has 0 fully saturated rings. The number of rotatable bonds is 5. The molecule has 0 saturated heterocycles. The Labute approximate surface area is 81.3 Å². The molecular weight excluding hydrogens is 194 g/mol. The van der Waals surface area contributed by atoms with Gasteiger partial charge in [0.05, 0.1) is 0 Å². The summed E-state index contributed by atoms with van der Waals surface area (Å²) in [6.07, 6.45) is 2.13. The van der Waals surface area contributed by atoms with Crippen LogP contribution in [0.1, 0.15) is 18.7 Å². The molecule has 1 N–H and O–H groups in total. The van der Waals surface area contributed by atoms with Crippen LogP contribution in [0.4, 0.5) is 5.13 Å². The highest BCUT2D eigenvalue weighted by atomic mass is 35.5. The van der Waals surface area contributed by atoms with Crippen molar-refractivity contribution in [2.75, 3.05) is 17.7 Å². The van der Waals surface area contributed by atoms with E-state index in [1.165, 1.54) is 11.5 Å². The topological polar surface area (TPSA) is 37.8 Å². The number of halogens is 1. The van der Waals surface area contributed by atoms with Crippen LogP contribution >= 0.6 is 23.1 Å². The molecule has 0 unspecified atom stereocenters. The Kier molecular flexibility index (Phi) is 4.32. The van der Waals surface area contributed by atoms with Gasteiger partial charge in [-0.1, -0.05) is 0 Å². The van der Waals surface area contributed by atoms with Crippen molar-refractivity contribution in [1.29, 1.82) is 0 Å². The zero-order valence-electron chi connectivity index (χ0n) is 7.01. The van der Waals surface area contributed by atoms with Crippen LogP contribution in [0.2, 0.25) is 0 Å². The summed E-state index contributed by atoms with van der Waals surface area (Å²) in [5.41, 5.74) is 0. The van der Waals surface area contributed by atoms with Gasteiger partial charge in [0.1, 0.15) is 5.82 Å². The molecule has 0 atom stereocenters. The van der Waals surface area contributed by atoms with Crippen LogP contribution in [0.5, 0.6) is 0 Å². The molecule has 12 heavy (non-hydrogen) atoms. The maximum atomic E-state index is 5.53. The summed E-state index contributed by atoms with van der Waals surface area (Å²) in [6, 6.07) is 0. The van der Waals surface area contributed by atoms with Crippen molar-refractivity contribution in [1.82, 2.24) is 9.36 Å². The second kappa shape index (κ2) is 5.32. The summed E-state index contributed by atoms with van der Waals surface area (Å²) in [7, 11) is 0. The van der Waals surface area contributed by atoms with E-state index < -0.39 is 0 Å². The molecule has 0 aliphatic rings. The molecule has 1 rings (SSSR count). The van der Waals surface area contributed by atoms with Crippen LogP contribution in [0.25, 0.3) is 0 Å². The van der Waals surface area contributed by atoms with Gasteiger partial charge in [-0.3, -0.25) is 0 Å². The van der Waals surface area contributed by atoms with Gasteiger partial charge in [-0.2, -0.15) is 4.37 Å². The smallest absolute Gasteiger partial charge is 0.202 e. The summed E-state index contributed by atoms with van der Waals surface area (Å²) in [4.78, 5) is 4.17. The van der Waals surface area contributed by atoms with Crippen molar-refractivity contribution in [2.45, 2.75) is 19.8 Å². The number of hydrogen-bond donors (Lipinski definition) is 1. The van der Waals surface area contributed by atoms with Crippen molar-refractivity contribution >= 4 is 28.3 Å². The van der Waals surface area contributed by atoms with Crippen molar-refractivity contribution in [2.24, 2.45) is 0 Å². The number of nitrogens with one attached hydrogen (secondary N) is 1. The Morgan fingerprint density at radius 1 is 1.50 bits per heavy atom. The van der Waals surface area contributed by atoms with E-state index in [0.29, 0.717) is 0 Å². The van der Waals surface area contributed by atoms with E-state index in [-0.39, 0.29) is 0 Å². The van der Waals surface area contributed by atoms with Crippen molar-refractivity contribution in [3.8, 4) is 0 Å². The lowest BCUT2D eigenvalue weighted by atomic mass is 10.3. The molecule has 3 nitrogen and oxygen atoms in total. The summed E-state index contributed by atoms with van der Waals surface area (Å²) in [5, 5.41) is 4.09. The maximum Gasteiger partial charge on any atom is 0.202 e. The Morgan fingerprint density at radius 3 is 2.92 bits per heavy atom. The highest BCUT2D eigenvalue weighted by molar-refractivity contribution is 7.09. The van der Waals surface area contributed by atoms with Crippen molar-refractivity contribution in [3.05, 3.63) is 5.82 Å². The second-order valence-electron chi connectivity index (χ2n) is 2.47. The van der Waals surface area contributed by atoms with E-state index >= 15 is 0 Å². The molecule has 0 radical (unpaired) electrons. The van der Waals surface area contributed by atoms with Crippen LogP contribution in [0.3, 0.4) is 0 Å². The molecule has 1 heterocycles. The van der Waals surface area contributed by atoms with Gasteiger partial charge in [-0.05, 0) is 19.8 Å². The number of anilines is 1. The SMILES string of the molecule is Cc1nsc(NCCCCCl)n1. The van der Waals surface area contributed by atoms with Gasteiger partial charge in [0.15, 0.2) is 0 Å². The molecule has 1 aromatic rings. The number of aromatic nitrogens is 2. The normalized spacial score (nSPS) is 10.2. The van der Waals surface area contributed by atoms with E-state index in [1.54, 1.807) is 0 Å². The molecule has 0 aromatic carbocycles. The third-order valence-electron chi connectivity index (χ3n) is 1.36. The predicted octanol–water partition coefficient (Wildman–Crippen LogP) is 2.28. The van der Waals surface area contributed by atoms with Gasteiger partial charge in [0.25, 0.3) is 0 Å². The molecular formula is C7H12ClN3S. The lowest BCUT2D eigenvalue weighted by molar-refractivity contribution is 0.838. The first-order valence-corrected chi connectivity index (χ1v) is 5.24. The predicted molar refractivity (Wildman–Crippen MR) is 53.1 cm³/mol. The monoisotopic (exact) mass is 205 g/mol. The summed E-state index contributed by atoms with van der Waals surface area (Å²) in [6.45, 7) is 2.82. The Hall–Kier alpha value is -0.350. The quantitative estimate of drug-likeness (QED) is 0.592. The Morgan fingerprint density at radius 2 is 2.33 bits per heavy atom. The summed E-state index contributed by atoms with van der Waals surface area (Å²) in [5.74, 6) is 1.57. The Bertz CT molecular complexity index is 226. The number of hydrogen-bond acceptors (Lipinski definition) is 4. The average molecular weight is 206 g/mol. The molecule has 0 amide bonds. The number of unbranched alkanes of at least 4 members (excludes halogenated alkanes) is 1. The minimum absolute atomic E-state index is 0.733. The Balaban J connectivity index is 2.15. The zero-order valence-corrected chi connectivity index (χ0v) is 8.58. The first kappa shape index (κ1) is 9.74. The minimum Gasteiger partial charge on any atom is -0.360 e. The van der Waals surface area contributed by atoms with E-state index in [0.717, 1.165) is 36.2 Å². The number of aryl methyl sites for hydroxylation is 1. The van der Waals surface area contributed by atoms with Crippen LogP contribution in [0.15, 0.2) is 0 Å². The minimum atomic E-state index is 0.733. The van der Waals surface area contributed by atoms with Crippen molar-refractivity contribution in [3.63, 3.8) is 0 Å². The summed E-state index contributed by atoms with van der Waals surface area (Å²) >= 11 is 6.94. The maximum absolute atomic E-state index is 5.53. The van der Waals surface area contributed by atoms with Gasteiger partial charge >= 0.3 is 0 Å². The number of alkyl halides is 1. The fourth-order valence-electron chi connectivity index (χ4n) is 0.784. The molecule has 68 valence electrons. The van der Waals surface area contributed by atoms with Crippen LogP contribution in [-0.2, 0) is 0 Å². The lowest BCUT2D eigenvalue weighted by Crippen LogP contribution is -2.00. The van der Waals surface area contributed by atoms with Gasteiger partial charge in [0.2, 0.25) is 5.13 Å². The largest absolute Gasteiger partial charge is 0.360 e. The van der Waals surface area contributed by atoms with E-state index in [4.69, 9.17) is 11.6 Å². The summed E-state index contributed by atoms with van der Waals surface area (Å²) < 4.78 is 4.06. The molecule has 0 aliphatic heterocycles. The molecule has 0 aliphatic carbocycles. The average Bonchev–Trinajstić information content (AvgIpc) is 2.45. The van der Waals surface area contributed by atoms with Gasteiger partial charge in [-0.25, -0.2) is 4.98 Å². The lowest BCUT2D eigenvalue weighted by Gasteiger charge is -1.98. The fraction of sp³-hybridized carbons (Fsp3) is 0.714. The van der Waals surface area contributed by atoms with Crippen LogP contribution in [-0.4, -0.2) is 21.8 Å². The van der Waals surface area contributed by atoms with Gasteiger partial charge in [0, 0.05) is 24.0 Å². The molecule has 5 heteroatoms. The first-order chi connectivity index (χ1) is 5.83. The standard InChI is InChI=1S/C7H12ClN3S/c1-6-10-7(12-11-6)9-5-3-2-4-8/h2-5H2,1H3,(H,9,10,11). The van der Waals surface area contributed by atoms with Gasteiger partial charge < -0.3 is 5.32 Å². The molecule has 0 spiro atoms. The van der Waals surface area contributed by atoms with Crippen LogP contribution < -0.4 is 5.32 Å². The molecule has 0 saturated carbocycles. The van der Waals surface area contributed by atoms with Crippen LogP contribution in [0, 0.1) is 6.92 Å². The molecule has 1 aromatic heterocycles.